The fourth-order valence-electron chi connectivity index (χ4n) is 1.08. The van der Waals surface area contributed by atoms with Crippen LogP contribution in [0.25, 0.3) is 6.08 Å². The number of carbonyl (C=O) groups excluding carboxylic acids is 1. The molecule has 0 unspecified atom stereocenters. The van der Waals surface area contributed by atoms with Crippen molar-refractivity contribution >= 4 is 18.2 Å². The van der Waals surface area contributed by atoms with Crippen molar-refractivity contribution in [2.75, 3.05) is 0 Å². The standard InChI is InChI=1S/C14H16N2O/c1-3-12(2)14(17)16-15-11-7-10-13-8-5-4-6-9-13/h3-11H,1-2H3,(H,16,17)/b10-7-,12-3+,15-11+. The second-order valence-electron chi connectivity index (χ2n) is 3.46. The van der Waals surface area contributed by atoms with Gasteiger partial charge in [-0.2, -0.15) is 5.10 Å². The summed E-state index contributed by atoms with van der Waals surface area (Å²) in [5, 5.41) is 3.80. The van der Waals surface area contributed by atoms with Crippen LogP contribution in [0.4, 0.5) is 0 Å². The molecule has 0 aromatic heterocycles. The van der Waals surface area contributed by atoms with Gasteiger partial charge in [0, 0.05) is 11.8 Å². The minimum absolute atomic E-state index is 0.183. The van der Waals surface area contributed by atoms with Crippen LogP contribution in [-0.2, 0) is 4.79 Å². The van der Waals surface area contributed by atoms with E-state index in [-0.39, 0.29) is 5.91 Å². The van der Waals surface area contributed by atoms with Crippen molar-refractivity contribution < 1.29 is 4.79 Å². The number of hydrazone groups is 1. The van der Waals surface area contributed by atoms with E-state index in [2.05, 4.69) is 10.5 Å². The van der Waals surface area contributed by atoms with Gasteiger partial charge in [0.05, 0.1) is 0 Å². The van der Waals surface area contributed by atoms with E-state index in [1.54, 1.807) is 25.3 Å². The van der Waals surface area contributed by atoms with E-state index in [0.717, 1.165) is 5.56 Å². The van der Waals surface area contributed by atoms with Crippen molar-refractivity contribution in [2.24, 2.45) is 5.10 Å². The number of nitrogens with one attached hydrogen (secondary N) is 1. The second-order valence-corrected chi connectivity index (χ2v) is 3.46. The third kappa shape index (κ3) is 4.93. The molecule has 0 atom stereocenters. The van der Waals surface area contributed by atoms with E-state index in [9.17, 15) is 4.79 Å². The highest BCUT2D eigenvalue weighted by molar-refractivity contribution is 5.93. The zero-order chi connectivity index (χ0) is 12.5. The molecule has 0 bridgehead atoms. The van der Waals surface area contributed by atoms with Crippen molar-refractivity contribution in [1.82, 2.24) is 5.43 Å². The molecule has 1 aromatic rings. The van der Waals surface area contributed by atoms with Crippen LogP contribution in [0, 0.1) is 0 Å². The predicted octanol–water partition coefficient (Wildman–Crippen LogP) is 2.77. The molecule has 0 aliphatic carbocycles. The number of hydrogen-bond donors (Lipinski definition) is 1. The highest BCUT2D eigenvalue weighted by atomic mass is 16.2. The Hall–Kier alpha value is -2.16. The molecule has 88 valence electrons. The number of amides is 1. The highest BCUT2D eigenvalue weighted by Crippen LogP contribution is 1.99. The molecule has 0 aliphatic heterocycles. The molecule has 1 rings (SSSR count). The topological polar surface area (TPSA) is 41.5 Å². The molecular weight excluding hydrogens is 212 g/mol. The molecule has 17 heavy (non-hydrogen) atoms. The third-order valence-corrected chi connectivity index (χ3v) is 2.21. The van der Waals surface area contributed by atoms with Crippen molar-refractivity contribution in [3.63, 3.8) is 0 Å². The van der Waals surface area contributed by atoms with Gasteiger partial charge in [-0.05, 0) is 25.5 Å². The summed E-state index contributed by atoms with van der Waals surface area (Å²) in [4.78, 5) is 11.3. The first kappa shape index (κ1) is 12.9. The summed E-state index contributed by atoms with van der Waals surface area (Å²) >= 11 is 0. The van der Waals surface area contributed by atoms with Gasteiger partial charge in [-0.1, -0.05) is 42.5 Å². The van der Waals surface area contributed by atoms with Crippen LogP contribution in [0.1, 0.15) is 19.4 Å². The Bertz CT molecular complexity index is 445. The van der Waals surface area contributed by atoms with E-state index in [1.165, 1.54) is 0 Å². The Balaban J connectivity index is 2.41. The van der Waals surface area contributed by atoms with Crippen molar-refractivity contribution in [2.45, 2.75) is 13.8 Å². The van der Waals surface area contributed by atoms with Gasteiger partial charge in [0.15, 0.2) is 0 Å². The zero-order valence-electron chi connectivity index (χ0n) is 10.1. The smallest absolute Gasteiger partial charge is 0.266 e. The molecule has 0 aliphatic rings. The largest absolute Gasteiger partial charge is 0.268 e. The molecule has 0 spiro atoms. The van der Waals surface area contributed by atoms with Gasteiger partial charge in [-0.15, -0.1) is 0 Å². The molecule has 0 fully saturated rings. The summed E-state index contributed by atoms with van der Waals surface area (Å²) in [6, 6.07) is 9.88. The number of nitrogens with zero attached hydrogens (tertiary/aromatic N) is 1. The van der Waals surface area contributed by atoms with Gasteiger partial charge in [0.2, 0.25) is 0 Å². The number of allylic oxidation sites excluding steroid dienone is 2. The minimum Gasteiger partial charge on any atom is -0.268 e. The Labute approximate surface area is 102 Å². The molecule has 3 nitrogen and oxygen atoms in total. The van der Waals surface area contributed by atoms with E-state index in [4.69, 9.17) is 0 Å². The van der Waals surface area contributed by atoms with E-state index >= 15 is 0 Å². The van der Waals surface area contributed by atoms with Crippen molar-refractivity contribution in [1.29, 1.82) is 0 Å². The summed E-state index contributed by atoms with van der Waals surface area (Å²) in [6.45, 7) is 3.55. The fraction of sp³-hybridized carbons (Fsp3) is 0.143. The van der Waals surface area contributed by atoms with Gasteiger partial charge < -0.3 is 0 Å². The molecule has 1 amide bonds. The first-order chi connectivity index (χ1) is 8.24. The monoisotopic (exact) mass is 228 g/mol. The van der Waals surface area contributed by atoms with Crippen molar-refractivity contribution in [3.8, 4) is 0 Å². The van der Waals surface area contributed by atoms with Gasteiger partial charge in [0.25, 0.3) is 5.91 Å². The van der Waals surface area contributed by atoms with Crippen LogP contribution in [-0.4, -0.2) is 12.1 Å². The number of hydrogen-bond acceptors (Lipinski definition) is 2. The van der Waals surface area contributed by atoms with Gasteiger partial charge >= 0.3 is 0 Å². The summed E-state index contributed by atoms with van der Waals surface area (Å²) in [5.41, 5.74) is 4.17. The maximum absolute atomic E-state index is 11.3. The predicted molar refractivity (Wildman–Crippen MR) is 71.5 cm³/mol. The Kier molecular flexibility index (Phi) is 5.44. The average molecular weight is 228 g/mol. The van der Waals surface area contributed by atoms with Crippen LogP contribution in [0.3, 0.4) is 0 Å². The quantitative estimate of drug-likeness (QED) is 0.480. The molecule has 0 radical (unpaired) electrons. The Morgan fingerprint density at radius 2 is 2.00 bits per heavy atom. The summed E-state index contributed by atoms with van der Waals surface area (Å²) in [6.07, 6.45) is 6.98. The molecule has 0 saturated carbocycles. The van der Waals surface area contributed by atoms with Crippen LogP contribution in [0.2, 0.25) is 0 Å². The zero-order valence-corrected chi connectivity index (χ0v) is 10.1. The first-order valence-electron chi connectivity index (χ1n) is 5.42. The normalized spacial score (nSPS) is 12.2. The molecule has 1 N–H and O–H groups in total. The second kappa shape index (κ2) is 7.17. The Morgan fingerprint density at radius 1 is 1.29 bits per heavy atom. The minimum atomic E-state index is -0.183. The molecule has 0 saturated heterocycles. The SMILES string of the molecule is C/C=C(\C)C(=O)N/N=C/C=C\c1ccccc1. The lowest BCUT2D eigenvalue weighted by Crippen LogP contribution is -2.17. The van der Waals surface area contributed by atoms with Crippen LogP contribution in [0.15, 0.2) is 53.2 Å². The van der Waals surface area contributed by atoms with E-state index in [0.29, 0.717) is 5.57 Å². The van der Waals surface area contributed by atoms with Crippen LogP contribution >= 0.6 is 0 Å². The lowest BCUT2D eigenvalue weighted by atomic mass is 10.2. The maximum atomic E-state index is 11.3. The van der Waals surface area contributed by atoms with Crippen LogP contribution in [0.5, 0.6) is 0 Å². The highest BCUT2D eigenvalue weighted by Gasteiger charge is 1.98. The lowest BCUT2D eigenvalue weighted by Gasteiger charge is -1.96. The molecule has 3 heteroatoms. The summed E-state index contributed by atoms with van der Waals surface area (Å²) < 4.78 is 0. The van der Waals surface area contributed by atoms with Gasteiger partial charge in [-0.3, -0.25) is 4.79 Å². The van der Waals surface area contributed by atoms with Crippen molar-refractivity contribution in [3.05, 3.63) is 53.6 Å². The lowest BCUT2D eigenvalue weighted by molar-refractivity contribution is -0.117. The third-order valence-electron chi connectivity index (χ3n) is 2.21. The molecule has 0 heterocycles. The number of carbonyl (C=O) groups is 1. The fourth-order valence-corrected chi connectivity index (χ4v) is 1.08. The van der Waals surface area contributed by atoms with E-state index in [1.807, 2.05) is 43.3 Å². The van der Waals surface area contributed by atoms with Gasteiger partial charge in [-0.25, -0.2) is 5.43 Å². The summed E-state index contributed by atoms with van der Waals surface area (Å²) in [7, 11) is 0. The van der Waals surface area contributed by atoms with Crippen LogP contribution < -0.4 is 5.43 Å². The summed E-state index contributed by atoms with van der Waals surface area (Å²) in [5.74, 6) is -0.183. The Morgan fingerprint density at radius 3 is 2.65 bits per heavy atom. The number of rotatable bonds is 4. The van der Waals surface area contributed by atoms with Gasteiger partial charge in [0.1, 0.15) is 0 Å². The van der Waals surface area contributed by atoms with E-state index < -0.39 is 0 Å². The molecular formula is C14H16N2O. The maximum Gasteiger partial charge on any atom is 0.266 e. The molecule has 1 aromatic carbocycles. The first-order valence-corrected chi connectivity index (χ1v) is 5.42. The average Bonchev–Trinajstić information content (AvgIpc) is 2.38. The number of benzene rings is 1.